The largest absolute Gasteiger partial charge is 0.389 e. The molecule has 0 heterocycles. The van der Waals surface area contributed by atoms with Gasteiger partial charge in [0.25, 0.3) is 0 Å². The van der Waals surface area contributed by atoms with E-state index in [9.17, 15) is 5.11 Å². The maximum absolute atomic E-state index is 9.81. The van der Waals surface area contributed by atoms with Crippen LogP contribution in [0.4, 0.5) is 0 Å². The summed E-state index contributed by atoms with van der Waals surface area (Å²) in [5, 5.41) is 13.2. The van der Waals surface area contributed by atoms with Gasteiger partial charge in [-0.15, -0.1) is 0 Å². The van der Waals surface area contributed by atoms with E-state index in [1.165, 1.54) is 0 Å². The van der Waals surface area contributed by atoms with Crippen molar-refractivity contribution < 1.29 is 5.11 Å². The Hall–Kier alpha value is -0.0800. The SMILES string of the molecule is CC(C)C(CNC(C)C(C)(C)O)C(C)C. The topological polar surface area (TPSA) is 32.3 Å². The highest BCUT2D eigenvalue weighted by Gasteiger charge is 2.24. The molecule has 1 unspecified atom stereocenters. The fourth-order valence-electron chi connectivity index (χ4n) is 1.80. The lowest BCUT2D eigenvalue weighted by Crippen LogP contribution is -2.47. The van der Waals surface area contributed by atoms with Crippen molar-refractivity contribution in [2.45, 2.75) is 60.1 Å². The van der Waals surface area contributed by atoms with Crippen LogP contribution in [0.15, 0.2) is 0 Å². The Morgan fingerprint density at radius 1 is 1.00 bits per heavy atom. The Morgan fingerprint density at radius 3 is 1.67 bits per heavy atom. The van der Waals surface area contributed by atoms with Gasteiger partial charge < -0.3 is 10.4 Å². The van der Waals surface area contributed by atoms with E-state index in [4.69, 9.17) is 0 Å². The highest BCUT2D eigenvalue weighted by Crippen LogP contribution is 2.20. The van der Waals surface area contributed by atoms with Crippen LogP contribution in [0.3, 0.4) is 0 Å². The molecule has 0 saturated heterocycles. The van der Waals surface area contributed by atoms with Crippen LogP contribution in [0.5, 0.6) is 0 Å². The number of rotatable bonds is 6. The quantitative estimate of drug-likeness (QED) is 0.714. The highest BCUT2D eigenvalue weighted by molar-refractivity contribution is 4.81. The van der Waals surface area contributed by atoms with Crippen LogP contribution in [-0.4, -0.2) is 23.3 Å². The zero-order valence-corrected chi connectivity index (χ0v) is 11.5. The molecule has 0 amide bonds. The lowest BCUT2D eigenvalue weighted by atomic mass is 9.85. The summed E-state index contributed by atoms with van der Waals surface area (Å²) in [6.45, 7) is 15.8. The van der Waals surface area contributed by atoms with E-state index in [1.54, 1.807) is 0 Å². The molecule has 0 aliphatic carbocycles. The number of nitrogens with one attached hydrogen (secondary N) is 1. The molecule has 0 saturated carbocycles. The van der Waals surface area contributed by atoms with Crippen LogP contribution in [0.1, 0.15) is 48.5 Å². The van der Waals surface area contributed by atoms with Crippen LogP contribution in [0.2, 0.25) is 0 Å². The van der Waals surface area contributed by atoms with Crippen molar-refractivity contribution in [3.8, 4) is 0 Å². The second kappa shape index (κ2) is 5.86. The van der Waals surface area contributed by atoms with Crippen LogP contribution in [0, 0.1) is 17.8 Å². The predicted octanol–water partition coefficient (Wildman–Crippen LogP) is 2.66. The molecular weight excluding hydrogens is 186 g/mol. The highest BCUT2D eigenvalue weighted by atomic mass is 16.3. The first-order valence-electron chi connectivity index (χ1n) is 6.12. The second-order valence-electron chi connectivity index (χ2n) is 5.94. The molecule has 15 heavy (non-hydrogen) atoms. The van der Waals surface area contributed by atoms with Gasteiger partial charge >= 0.3 is 0 Å². The summed E-state index contributed by atoms with van der Waals surface area (Å²) in [4.78, 5) is 0. The first-order chi connectivity index (χ1) is 6.66. The van der Waals surface area contributed by atoms with E-state index >= 15 is 0 Å². The molecule has 1 atom stereocenters. The smallest absolute Gasteiger partial charge is 0.0741 e. The standard InChI is InChI=1S/C13H29NO/c1-9(2)12(10(3)4)8-14-11(5)13(6,7)15/h9-12,14-15H,8H2,1-7H3. The van der Waals surface area contributed by atoms with Gasteiger partial charge in [0.1, 0.15) is 0 Å². The van der Waals surface area contributed by atoms with Gasteiger partial charge in [-0.1, -0.05) is 27.7 Å². The molecule has 2 N–H and O–H groups in total. The summed E-state index contributed by atoms with van der Waals surface area (Å²) >= 11 is 0. The molecule has 0 aromatic carbocycles. The van der Waals surface area contributed by atoms with Crippen molar-refractivity contribution in [2.75, 3.05) is 6.54 Å². The van der Waals surface area contributed by atoms with Gasteiger partial charge in [0.05, 0.1) is 5.60 Å². The first kappa shape index (κ1) is 14.9. The first-order valence-corrected chi connectivity index (χ1v) is 6.12. The van der Waals surface area contributed by atoms with Crippen molar-refractivity contribution in [2.24, 2.45) is 17.8 Å². The van der Waals surface area contributed by atoms with Gasteiger partial charge in [0.15, 0.2) is 0 Å². The lowest BCUT2D eigenvalue weighted by Gasteiger charge is -2.31. The zero-order valence-electron chi connectivity index (χ0n) is 11.5. The van der Waals surface area contributed by atoms with Gasteiger partial charge in [-0.3, -0.25) is 0 Å². The van der Waals surface area contributed by atoms with Crippen LogP contribution < -0.4 is 5.32 Å². The molecule has 0 radical (unpaired) electrons. The minimum absolute atomic E-state index is 0.137. The molecule has 0 fully saturated rings. The third-order valence-corrected chi connectivity index (χ3v) is 3.43. The van der Waals surface area contributed by atoms with Crippen molar-refractivity contribution in [1.82, 2.24) is 5.32 Å². The molecule has 0 aliphatic heterocycles. The maximum atomic E-state index is 9.81. The molecular formula is C13H29NO. The normalized spacial score (nSPS) is 15.4. The molecule has 0 bridgehead atoms. The monoisotopic (exact) mass is 215 g/mol. The summed E-state index contributed by atoms with van der Waals surface area (Å²) in [6, 6.07) is 0.137. The predicted molar refractivity (Wildman–Crippen MR) is 66.9 cm³/mol. The summed E-state index contributed by atoms with van der Waals surface area (Å²) in [5.74, 6) is 2.05. The summed E-state index contributed by atoms with van der Waals surface area (Å²) in [6.07, 6.45) is 0. The van der Waals surface area contributed by atoms with E-state index in [0.29, 0.717) is 17.8 Å². The Kier molecular flexibility index (Phi) is 5.82. The van der Waals surface area contributed by atoms with Crippen molar-refractivity contribution in [3.05, 3.63) is 0 Å². The van der Waals surface area contributed by atoms with Crippen LogP contribution >= 0.6 is 0 Å². The molecule has 0 spiro atoms. The maximum Gasteiger partial charge on any atom is 0.0741 e. The van der Waals surface area contributed by atoms with Gasteiger partial charge in [-0.2, -0.15) is 0 Å². The van der Waals surface area contributed by atoms with Crippen molar-refractivity contribution >= 4 is 0 Å². The summed E-state index contributed by atoms with van der Waals surface area (Å²) < 4.78 is 0. The Balaban J connectivity index is 4.12. The number of aliphatic hydroxyl groups is 1. The van der Waals surface area contributed by atoms with Gasteiger partial charge in [0.2, 0.25) is 0 Å². The molecule has 0 aromatic rings. The third-order valence-electron chi connectivity index (χ3n) is 3.43. The van der Waals surface area contributed by atoms with Gasteiger partial charge in [-0.05, 0) is 45.1 Å². The average Bonchev–Trinajstić information content (AvgIpc) is 2.00. The molecule has 2 heteroatoms. The van der Waals surface area contributed by atoms with Crippen LogP contribution in [0.25, 0.3) is 0 Å². The van der Waals surface area contributed by atoms with E-state index < -0.39 is 5.60 Å². The lowest BCUT2D eigenvalue weighted by molar-refractivity contribution is 0.0408. The summed E-state index contributed by atoms with van der Waals surface area (Å²) in [5.41, 5.74) is -0.640. The fourth-order valence-corrected chi connectivity index (χ4v) is 1.80. The Labute approximate surface area is 95.5 Å². The number of hydrogen-bond acceptors (Lipinski definition) is 2. The molecule has 0 aliphatic rings. The van der Waals surface area contributed by atoms with E-state index in [1.807, 2.05) is 20.8 Å². The molecule has 2 nitrogen and oxygen atoms in total. The zero-order chi connectivity index (χ0) is 12.2. The van der Waals surface area contributed by atoms with Gasteiger partial charge in [0, 0.05) is 6.04 Å². The van der Waals surface area contributed by atoms with Crippen LogP contribution in [-0.2, 0) is 0 Å². The van der Waals surface area contributed by atoms with Crippen molar-refractivity contribution in [1.29, 1.82) is 0 Å². The number of hydrogen-bond donors (Lipinski definition) is 2. The van der Waals surface area contributed by atoms with E-state index in [-0.39, 0.29) is 6.04 Å². The average molecular weight is 215 g/mol. The van der Waals surface area contributed by atoms with Gasteiger partial charge in [-0.25, -0.2) is 0 Å². The van der Waals surface area contributed by atoms with Crippen molar-refractivity contribution in [3.63, 3.8) is 0 Å². The third kappa shape index (κ3) is 5.53. The molecule has 0 rings (SSSR count). The molecule has 92 valence electrons. The van der Waals surface area contributed by atoms with E-state index in [0.717, 1.165) is 6.54 Å². The second-order valence-corrected chi connectivity index (χ2v) is 5.94. The fraction of sp³-hybridized carbons (Fsp3) is 1.00. The Bertz CT molecular complexity index is 162. The minimum Gasteiger partial charge on any atom is -0.389 e. The Morgan fingerprint density at radius 2 is 1.40 bits per heavy atom. The minimum atomic E-state index is -0.640. The van der Waals surface area contributed by atoms with E-state index in [2.05, 4.69) is 33.0 Å². The molecule has 0 aromatic heterocycles. The summed E-state index contributed by atoms with van der Waals surface area (Å²) in [7, 11) is 0.